The molecular formula is C12H14FN3O. The molecule has 0 saturated heterocycles. The largest absolute Gasteiger partial charge is 0.494 e. The van der Waals surface area contributed by atoms with Crippen LogP contribution in [0.4, 0.5) is 10.3 Å². The molecule has 0 fully saturated rings. The molecule has 1 heterocycles. The molecule has 4 nitrogen and oxygen atoms in total. The monoisotopic (exact) mass is 235 g/mol. The second-order valence-corrected chi connectivity index (χ2v) is 3.84. The number of hydrogen-bond donors (Lipinski definition) is 2. The number of benzene rings is 1. The van der Waals surface area contributed by atoms with Gasteiger partial charge in [0, 0.05) is 12.1 Å². The predicted molar refractivity (Wildman–Crippen MR) is 63.5 cm³/mol. The van der Waals surface area contributed by atoms with Crippen molar-refractivity contribution in [1.29, 1.82) is 0 Å². The molecule has 0 atom stereocenters. The number of anilines is 1. The summed E-state index contributed by atoms with van der Waals surface area (Å²) in [5, 5.41) is 0. The Balaban J connectivity index is 2.24. The summed E-state index contributed by atoms with van der Waals surface area (Å²) in [7, 11) is 1.44. The fourth-order valence-corrected chi connectivity index (χ4v) is 1.71. The van der Waals surface area contributed by atoms with Gasteiger partial charge >= 0.3 is 0 Å². The summed E-state index contributed by atoms with van der Waals surface area (Å²) in [6.07, 6.45) is 0.542. The molecule has 0 unspecified atom stereocenters. The van der Waals surface area contributed by atoms with Crippen LogP contribution in [-0.2, 0) is 6.42 Å². The summed E-state index contributed by atoms with van der Waals surface area (Å²) in [6.45, 7) is 1.89. The molecule has 90 valence electrons. The van der Waals surface area contributed by atoms with Gasteiger partial charge in [-0.15, -0.1) is 0 Å². The molecule has 0 aliphatic heterocycles. The second-order valence-electron chi connectivity index (χ2n) is 3.84. The SMILES string of the molecule is COc1ccc(Cc2nc(N)[nH]c2C)cc1F. The van der Waals surface area contributed by atoms with Crippen LogP contribution in [0, 0.1) is 12.7 Å². The molecule has 5 heteroatoms. The Hall–Kier alpha value is -2.04. The maximum atomic E-state index is 13.5. The number of H-pyrrole nitrogens is 1. The smallest absolute Gasteiger partial charge is 0.197 e. The molecule has 0 saturated carbocycles. The molecule has 0 bridgehead atoms. The highest BCUT2D eigenvalue weighted by Crippen LogP contribution is 2.20. The lowest BCUT2D eigenvalue weighted by atomic mass is 10.1. The number of aromatic nitrogens is 2. The number of aryl methyl sites for hydroxylation is 1. The third kappa shape index (κ3) is 2.38. The quantitative estimate of drug-likeness (QED) is 0.855. The first-order valence-corrected chi connectivity index (χ1v) is 5.23. The predicted octanol–water partition coefficient (Wildman–Crippen LogP) is 2.04. The average molecular weight is 235 g/mol. The number of nitrogens with two attached hydrogens (primary N) is 1. The molecule has 2 rings (SSSR count). The minimum atomic E-state index is -0.369. The number of methoxy groups -OCH3 is 1. The average Bonchev–Trinajstić information content (AvgIpc) is 2.58. The van der Waals surface area contributed by atoms with Crippen molar-refractivity contribution in [3.63, 3.8) is 0 Å². The maximum Gasteiger partial charge on any atom is 0.197 e. The standard InChI is InChI=1S/C12H14FN3O/c1-7-10(16-12(14)15-7)6-8-3-4-11(17-2)9(13)5-8/h3-5H,6H2,1-2H3,(H3,14,15,16). The number of nitrogens with one attached hydrogen (secondary N) is 1. The molecule has 0 aliphatic carbocycles. The maximum absolute atomic E-state index is 13.5. The zero-order valence-electron chi connectivity index (χ0n) is 9.75. The van der Waals surface area contributed by atoms with Crippen LogP contribution in [0.15, 0.2) is 18.2 Å². The van der Waals surface area contributed by atoms with E-state index in [9.17, 15) is 4.39 Å². The van der Waals surface area contributed by atoms with Crippen LogP contribution in [0.25, 0.3) is 0 Å². The molecule has 1 aromatic heterocycles. The van der Waals surface area contributed by atoms with Gasteiger partial charge in [0.1, 0.15) is 0 Å². The van der Waals surface area contributed by atoms with Crippen LogP contribution in [-0.4, -0.2) is 17.1 Å². The van der Waals surface area contributed by atoms with Gasteiger partial charge < -0.3 is 15.5 Å². The van der Waals surface area contributed by atoms with Gasteiger partial charge in [0.2, 0.25) is 0 Å². The number of rotatable bonds is 3. The van der Waals surface area contributed by atoms with E-state index in [1.165, 1.54) is 13.2 Å². The fourth-order valence-electron chi connectivity index (χ4n) is 1.71. The normalized spacial score (nSPS) is 10.5. The van der Waals surface area contributed by atoms with E-state index in [1.807, 2.05) is 13.0 Å². The Kier molecular flexibility index (Phi) is 2.99. The lowest BCUT2D eigenvalue weighted by Crippen LogP contribution is -1.94. The van der Waals surface area contributed by atoms with E-state index in [0.29, 0.717) is 12.4 Å². The molecule has 2 aromatic rings. The topological polar surface area (TPSA) is 63.9 Å². The van der Waals surface area contributed by atoms with Crippen LogP contribution >= 0.6 is 0 Å². The number of aromatic amines is 1. The van der Waals surface area contributed by atoms with Crippen LogP contribution in [0.2, 0.25) is 0 Å². The van der Waals surface area contributed by atoms with Gasteiger partial charge in [-0.2, -0.15) is 0 Å². The molecule has 0 aliphatic rings. The summed E-state index contributed by atoms with van der Waals surface area (Å²) in [5.41, 5.74) is 8.11. The van der Waals surface area contributed by atoms with Crippen molar-refractivity contribution in [1.82, 2.24) is 9.97 Å². The van der Waals surface area contributed by atoms with E-state index in [-0.39, 0.29) is 11.6 Å². The van der Waals surface area contributed by atoms with Gasteiger partial charge in [0.25, 0.3) is 0 Å². The first-order chi connectivity index (χ1) is 8.10. The summed E-state index contributed by atoms with van der Waals surface area (Å²) in [5.74, 6) is 0.254. The molecule has 1 aromatic carbocycles. The zero-order valence-corrected chi connectivity index (χ0v) is 9.75. The van der Waals surface area contributed by atoms with E-state index >= 15 is 0 Å². The zero-order chi connectivity index (χ0) is 12.4. The van der Waals surface area contributed by atoms with Crippen LogP contribution in [0.5, 0.6) is 5.75 Å². The van der Waals surface area contributed by atoms with Crippen molar-refractivity contribution >= 4 is 5.95 Å². The van der Waals surface area contributed by atoms with Gasteiger partial charge in [0.05, 0.1) is 12.8 Å². The van der Waals surface area contributed by atoms with Gasteiger partial charge in [-0.1, -0.05) is 6.07 Å². The highest BCUT2D eigenvalue weighted by Gasteiger charge is 2.08. The third-order valence-electron chi connectivity index (χ3n) is 2.59. The summed E-state index contributed by atoms with van der Waals surface area (Å²) >= 11 is 0. The summed E-state index contributed by atoms with van der Waals surface area (Å²) < 4.78 is 18.3. The van der Waals surface area contributed by atoms with Crippen molar-refractivity contribution in [2.45, 2.75) is 13.3 Å². The Morgan fingerprint density at radius 1 is 1.47 bits per heavy atom. The van der Waals surface area contributed by atoms with Crippen molar-refractivity contribution in [2.24, 2.45) is 0 Å². The van der Waals surface area contributed by atoms with E-state index < -0.39 is 0 Å². The number of ether oxygens (including phenoxy) is 1. The molecule has 0 spiro atoms. The highest BCUT2D eigenvalue weighted by atomic mass is 19.1. The van der Waals surface area contributed by atoms with E-state index in [4.69, 9.17) is 10.5 Å². The highest BCUT2D eigenvalue weighted by molar-refractivity contribution is 5.34. The van der Waals surface area contributed by atoms with Crippen molar-refractivity contribution in [3.8, 4) is 5.75 Å². The van der Waals surface area contributed by atoms with E-state index in [2.05, 4.69) is 9.97 Å². The number of halogens is 1. The molecule has 0 radical (unpaired) electrons. The van der Waals surface area contributed by atoms with Gasteiger partial charge in [-0.3, -0.25) is 0 Å². The van der Waals surface area contributed by atoms with Crippen LogP contribution in [0.1, 0.15) is 17.0 Å². The number of nitrogens with zero attached hydrogens (tertiary/aromatic N) is 1. The summed E-state index contributed by atoms with van der Waals surface area (Å²) in [4.78, 5) is 7.06. The Morgan fingerprint density at radius 2 is 2.24 bits per heavy atom. The van der Waals surface area contributed by atoms with Crippen LogP contribution in [0.3, 0.4) is 0 Å². The first-order valence-electron chi connectivity index (χ1n) is 5.23. The number of hydrogen-bond acceptors (Lipinski definition) is 3. The second kappa shape index (κ2) is 4.45. The van der Waals surface area contributed by atoms with Gasteiger partial charge in [0.15, 0.2) is 17.5 Å². The number of nitrogen functional groups attached to an aromatic ring is 1. The molecule has 3 N–H and O–H groups in total. The number of imidazole rings is 1. The van der Waals surface area contributed by atoms with E-state index in [1.54, 1.807) is 6.07 Å². The van der Waals surface area contributed by atoms with Crippen molar-refractivity contribution in [2.75, 3.05) is 12.8 Å². The first kappa shape index (κ1) is 11.4. The Labute approximate surface area is 98.6 Å². The van der Waals surface area contributed by atoms with E-state index in [0.717, 1.165) is 17.0 Å². The van der Waals surface area contributed by atoms with Gasteiger partial charge in [-0.05, 0) is 24.6 Å². The minimum absolute atomic E-state index is 0.243. The third-order valence-corrected chi connectivity index (χ3v) is 2.59. The molecule has 0 amide bonds. The minimum Gasteiger partial charge on any atom is -0.494 e. The van der Waals surface area contributed by atoms with Crippen molar-refractivity contribution in [3.05, 3.63) is 41.0 Å². The Morgan fingerprint density at radius 3 is 2.76 bits per heavy atom. The lowest BCUT2D eigenvalue weighted by molar-refractivity contribution is 0.386. The van der Waals surface area contributed by atoms with Gasteiger partial charge in [-0.25, -0.2) is 9.37 Å². The molecule has 17 heavy (non-hydrogen) atoms. The van der Waals surface area contributed by atoms with Crippen LogP contribution < -0.4 is 10.5 Å². The Bertz CT molecular complexity index is 537. The molecular weight excluding hydrogens is 221 g/mol. The summed E-state index contributed by atoms with van der Waals surface area (Å²) in [6, 6.07) is 4.87. The fraction of sp³-hybridized carbons (Fsp3) is 0.250. The van der Waals surface area contributed by atoms with Crippen molar-refractivity contribution < 1.29 is 9.13 Å². The lowest BCUT2D eigenvalue weighted by Gasteiger charge is -2.04.